The quantitative estimate of drug-likeness (QED) is 0.274. The molecule has 0 N–H and O–H groups in total. The van der Waals surface area contributed by atoms with E-state index in [9.17, 15) is 9.59 Å². The van der Waals surface area contributed by atoms with Gasteiger partial charge in [-0.3, -0.25) is 14.2 Å². The number of hydrogen-bond donors (Lipinski definition) is 0. The van der Waals surface area contributed by atoms with Gasteiger partial charge < -0.3 is 4.90 Å². The van der Waals surface area contributed by atoms with Crippen LogP contribution in [0, 0.1) is 0 Å². The molecular formula is C26H25N3O2S2. The van der Waals surface area contributed by atoms with Gasteiger partial charge in [0.05, 0.1) is 16.8 Å². The topological polar surface area (TPSA) is 55.2 Å². The third-order valence-electron chi connectivity index (χ3n) is 5.87. The first-order valence-electron chi connectivity index (χ1n) is 11.2. The molecular weight excluding hydrogens is 450 g/mol. The predicted octanol–water partition coefficient (Wildman–Crippen LogP) is 5.47. The van der Waals surface area contributed by atoms with Crippen LogP contribution in [0.15, 0.2) is 70.6 Å². The average Bonchev–Trinajstić information content (AvgIpc) is 3.40. The summed E-state index contributed by atoms with van der Waals surface area (Å²) in [5, 5.41) is 1.31. The Bertz CT molecular complexity index is 1360. The van der Waals surface area contributed by atoms with Crippen molar-refractivity contribution in [1.82, 2.24) is 9.55 Å². The SMILES string of the molecule is CC(C)N(C(=O)CSc1nc2sc3c(c2c(=O)n1-c1ccccc1)CCC3)c1ccccc1. The number of carbonyl (C=O) groups is 1. The highest BCUT2D eigenvalue weighted by atomic mass is 32.2. The Kier molecular flexibility index (Phi) is 6.08. The zero-order chi connectivity index (χ0) is 22.9. The molecule has 0 aliphatic heterocycles. The molecule has 2 aromatic carbocycles. The number of fused-ring (bicyclic) bond motifs is 3. The summed E-state index contributed by atoms with van der Waals surface area (Å²) in [4.78, 5) is 35.7. The van der Waals surface area contributed by atoms with Crippen molar-refractivity contribution in [3.63, 3.8) is 0 Å². The largest absolute Gasteiger partial charge is 0.309 e. The maximum atomic E-state index is 13.7. The molecule has 0 atom stereocenters. The van der Waals surface area contributed by atoms with Gasteiger partial charge in [0.15, 0.2) is 5.16 Å². The van der Waals surface area contributed by atoms with E-state index in [4.69, 9.17) is 4.98 Å². The fourth-order valence-electron chi connectivity index (χ4n) is 4.44. The van der Waals surface area contributed by atoms with E-state index < -0.39 is 0 Å². The average molecular weight is 476 g/mol. The Morgan fingerprint density at radius 2 is 1.79 bits per heavy atom. The van der Waals surface area contributed by atoms with E-state index in [0.29, 0.717) is 5.16 Å². The first-order chi connectivity index (χ1) is 16.0. The molecule has 0 fully saturated rings. The zero-order valence-electron chi connectivity index (χ0n) is 18.7. The lowest BCUT2D eigenvalue weighted by atomic mass is 10.2. The summed E-state index contributed by atoms with van der Waals surface area (Å²) in [6.07, 6.45) is 3.05. The molecule has 0 bridgehead atoms. The number of anilines is 1. The van der Waals surface area contributed by atoms with Gasteiger partial charge in [0.25, 0.3) is 5.56 Å². The highest BCUT2D eigenvalue weighted by Crippen LogP contribution is 2.36. The molecule has 1 aliphatic rings. The number of aromatic nitrogens is 2. The van der Waals surface area contributed by atoms with Gasteiger partial charge in [-0.05, 0) is 62.9 Å². The van der Waals surface area contributed by atoms with Crippen molar-refractivity contribution in [3.05, 3.63) is 81.5 Å². The minimum atomic E-state index is -0.0377. The molecule has 2 heterocycles. The number of para-hydroxylation sites is 2. The number of carbonyl (C=O) groups excluding carboxylic acids is 1. The number of thioether (sulfide) groups is 1. The van der Waals surface area contributed by atoms with Gasteiger partial charge in [-0.25, -0.2) is 4.98 Å². The first kappa shape index (κ1) is 21.9. The predicted molar refractivity (Wildman–Crippen MR) is 137 cm³/mol. The van der Waals surface area contributed by atoms with Crippen LogP contribution in [-0.2, 0) is 17.6 Å². The standard InChI is InChI=1S/C26H25N3O2S2/c1-17(2)28(18-10-5-3-6-11-18)22(30)16-32-26-27-24-23(20-14-9-15-21(20)33-24)25(31)29(26)19-12-7-4-8-13-19/h3-8,10-13,17H,9,14-16H2,1-2H3. The molecule has 5 rings (SSSR count). The molecule has 4 aromatic rings. The van der Waals surface area contributed by atoms with E-state index in [0.717, 1.165) is 40.9 Å². The molecule has 1 amide bonds. The highest BCUT2D eigenvalue weighted by Gasteiger charge is 2.25. The second kappa shape index (κ2) is 9.15. The van der Waals surface area contributed by atoms with Crippen LogP contribution in [0.1, 0.15) is 30.7 Å². The van der Waals surface area contributed by atoms with Crippen LogP contribution in [0.3, 0.4) is 0 Å². The fraction of sp³-hybridized carbons (Fsp3) is 0.269. The normalized spacial score (nSPS) is 12.9. The molecule has 0 radical (unpaired) electrons. The van der Waals surface area contributed by atoms with Crippen molar-refractivity contribution >= 4 is 44.9 Å². The first-order valence-corrected chi connectivity index (χ1v) is 13.0. The maximum Gasteiger partial charge on any atom is 0.267 e. The van der Waals surface area contributed by atoms with E-state index in [1.807, 2.05) is 74.5 Å². The Hall–Kier alpha value is -2.90. The molecule has 33 heavy (non-hydrogen) atoms. The van der Waals surface area contributed by atoms with Crippen molar-refractivity contribution in [2.45, 2.75) is 44.3 Å². The minimum Gasteiger partial charge on any atom is -0.309 e. The third-order valence-corrected chi connectivity index (χ3v) is 7.98. The molecule has 7 heteroatoms. The lowest BCUT2D eigenvalue weighted by molar-refractivity contribution is -0.116. The molecule has 0 unspecified atom stereocenters. The molecule has 0 spiro atoms. The van der Waals surface area contributed by atoms with Gasteiger partial charge in [0.2, 0.25) is 5.91 Å². The number of nitrogens with zero attached hydrogens (tertiary/aromatic N) is 3. The molecule has 2 aromatic heterocycles. The Morgan fingerprint density at radius 3 is 2.48 bits per heavy atom. The van der Waals surface area contributed by atoms with Crippen LogP contribution in [0.25, 0.3) is 15.9 Å². The maximum absolute atomic E-state index is 13.7. The van der Waals surface area contributed by atoms with Crippen LogP contribution < -0.4 is 10.5 Å². The van der Waals surface area contributed by atoms with Gasteiger partial charge in [-0.1, -0.05) is 48.2 Å². The van der Waals surface area contributed by atoms with E-state index >= 15 is 0 Å². The lowest BCUT2D eigenvalue weighted by Crippen LogP contribution is -2.38. The van der Waals surface area contributed by atoms with E-state index in [1.54, 1.807) is 20.8 Å². The monoisotopic (exact) mass is 475 g/mol. The van der Waals surface area contributed by atoms with Crippen molar-refractivity contribution in [1.29, 1.82) is 0 Å². The zero-order valence-corrected chi connectivity index (χ0v) is 20.3. The molecule has 0 saturated carbocycles. The van der Waals surface area contributed by atoms with E-state index in [1.165, 1.54) is 22.2 Å². The van der Waals surface area contributed by atoms with Crippen LogP contribution in [0.2, 0.25) is 0 Å². The number of benzene rings is 2. The van der Waals surface area contributed by atoms with Crippen molar-refractivity contribution in [2.75, 3.05) is 10.7 Å². The second-order valence-corrected chi connectivity index (χ2v) is 10.4. The van der Waals surface area contributed by atoms with Gasteiger partial charge >= 0.3 is 0 Å². The minimum absolute atomic E-state index is 0.0103. The summed E-state index contributed by atoms with van der Waals surface area (Å²) >= 11 is 2.96. The molecule has 1 aliphatic carbocycles. The van der Waals surface area contributed by atoms with Crippen LogP contribution >= 0.6 is 23.1 Å². The lowest BCUT2D eigenvalue weighted by Gasteiger charge is -2.27. The second-order valence-electron chi connectivity index (χ2n) is 8.39. The molecule has 0 saturated heterocycles. The van der Waals surface area contributed by atoms with Crippen molar-refractivity contribution < 1.29 is 4.79 Å². The van der Waals surface area contributed by atoms with Gasteiger partial charge in [0.1, 0.15) is 4.83 Å². The summed E-state index contributed by atoms with van der Waals surface area (Å²) in [6, 6.07) is 19.3. The number of hydrogen-bond acceptors (Lipinski definition) is 5. The third kappa shape index (κ3) is 4.11. The molecule has 168 valence electrons. The van der Waals surface area contributed by atoms with Gasteiger partial charge in [0, 0.05) is 16.6 Å². The fourth-order valence-corrected chi connectivity index (χ4v) is 6.62. The van der Waals surface area contributed by atoms with Crippen LogP contribution in [0.5, 0.6) is 0 Å². The summed E-state index contributed by atoms with van der Waals surface area (Å²) < 4.78 is 1.67. The molecule has 5 nitrogen and oxygen atoms in total. The summed E-state index contributed by atoms with van der Waals surface area (Å²) in [7, 11) is 0. The Morgan fingerprint density at radius 1 is 1.09 bits per heavy atom. The Labute approximate surface area is 201 Å². The van der Waals surface area contributed by atoms with Gasteiger partial charge in [-0.2, -0.15) is 0 Å². The highest BCUT2D eigenvalue weighted by molar-refractivity contribution is 7.99. The van der Waals surface area contributed by atoms with Crippen molar-refractivity contribution in [2.24, 2.45) is 0 Å². The van der Waals surface area contributed by atoms with Crippen LogP contribution in [-0.4, -0.2) is 27.3 Å². The van der Waals surface area contributed by atoms with Crippen molar-refractivity contribution in [3.8, 4) is 5.69 Å². The smallest absolute Gasteiger partial charge is 0.267 e. The summed E-state index contributed by atoms with van der Waals surface area (Å²) in [5.74, 6) is 0.187. The summed E-state index contributed by atoms with van der Waals surface area (Å²) in [6.45, 7) is 4.01. The van der Waals surface area contributed by atoms with Gasteiger partial charge in [-0.15, -0.1) is 11.3 Å². The number of thiophene rings is 1. The van der Waals surface area contributed by atoms with Crippen LogP contribution in [0.4, 0.5) is 5.69 Å². The van der Waals surface area contributed by atoms with E-state index in [2.05, 4.69) is 0 Å². The Balaban J connectivity index is 1.54. The number of aryl methyl sites for hydroxylation is 2. The number of amides is 1. The van der Waals surface area contributed by atoms with E-state index in [-0.39, 0.29) is 23.3 Å². The number of rotatable bonds is 6. The summed E-state index contributed by atoms with van der Waals surface area (Å²) in [5.41, 5.74) is 2.77.